The monoisotopic (exact) mass is 668 g/mol. The molecule has 4 rings (SSSR count). The molecule has 3 aromatic rings. The number of hydrogen-bond acceptors (Lipinski definition) is 7. The van der Waals surface area contributed by atoms with Crippen molar-refractivity contribution in [2.45, 2.75) is 45.8 Å². The summed E-state index contributed by atoms with van der Waals surface area (Å²) in [5, 5.41) is 14.2. The number of methoxy groups -OCH3 is 1. The lowest BCUT2D eigenvalue weighted by Gasteiger charge is -2.32. The third-order valence-corrected chi connectivity index (χ3v) is 9.16. The highest BCUT2D eigenvalue weighted by atomic mass is 79.9. The summed E-state index contributed by atoms with van der Waals surface area (Å²) in [5.41, 5.74) is 1.37. The molecule has 1 aliphatic rings. The van der Waals surface area contributed by atoms with Gasteiger partial charge < -0.3 is 19.9 Å². The van der Waals surface area contributed by atoms with E-state index in [0.29, 0.717) is 17.7 Å². The molecule has 0 radical (unpaired) electrons. The number of rotatable bonds is 8. The fourth-order valence-corrected chi connectivity index (χ4v) is 6.32. The number of amides is 3. The van der Waals surface area contributed by atoms with Gasteiger partial charge in [-0.2, -0.15) is 5.26 Å². The van der Waals surface area contributed by atoms with Crippen molar-refractivity contribution in [3.05, 3.63) is 64.1 Å². The Hall–Kier alpha value is -3.95. The number of nitrogens with one attached hydrogen (secondary N) is 1. The van der Waals surface area contributed by atoms with Crippen LogP contribution in [0.1, 0.15) is 38.3 Å². The molecule has 3 atom stereocenters. The molecule has 0 bridgehead atoms. The second kappa shape index (κ2) is 12.7. The minimum atomic E-state index is -3.76. The van der Waals surface area contributed by atoms with Crippen LogP contribution in [0.25, 0.3) is 10.8 Å². The molecule has 0 fully saturated rings. The second-order valence-corrected chi connectivity index (χ2v) is 13.7. The first-order chi connectivity index (χ1) is 20.3. The lowest BCUT2D eigenvalue weighted by Crippen LogP contribution is -2.59. The summed E-state index contributed by atoms with van der Waals surface area (Å²) >= 11 is 3.59. The number of carbonyl (C=O) groups excluding carboxylic acids is 3. The van der Waals surface area contributed by atoms with Gasteiger partial charge in [-0.1, -0.05) is 41.9 Å². The van der Waals surface area contributed by atoms with Crippen LogP contribution in [-0.4, -0.2) is 57.3 Å². The number of halogens is 1. The van der Waals surface area contributed by atoms with E-state index in [0.717, 1.165) is 21.5 Å². The molecule has 0 aliphatic carbocycles. The van der Waals surface area contributed by atoms with E-state index in [1.807, 2.05) is 31.2 Å². The van der Waals surface area contributed by atoms with Gasteiger partial charge in [-0.25, -0.2) is 8.42 Å². The third kappa shape index (κ3) is 6.53. The molecule has 1 heterocycles. The first-order valence-electron chi connectivity index (χ1n) is 13.7. The largest absolute Gasteiger partial charge is 0.496 e. The zero-order chi connectivity index (χ0) is 31.6. The smallest absolute Gasteiger partial charge is 0.252 e. The van der Waals surface area contributed by atoms with E-state index in [9.17, 15) is 28.1 Å². The Kier molecular flexibility index (Phi) is 9.47. The summed E-state index contributed by atoms with van der Waals surface area (Å²) in [6.07, 6.45) is 1.47. The Morgan fingerprint density at radius 1 is 1.14 bits per heavy atom. The Morgan fingerprint density at radius 2 is 1.86 bits per heavy atom. The minimum Gasteiger partial charge on any atom is -0.496 e. The van der Waals surface area contributed by atoms with Crippen molar-refractivity contribution in [1.82, 2.24) is 5.32 Å². The molecule has 12 heteroatoms. The SMILES string of the molecule is CC[C@@H](C)C(=O)N[C@@H]1C(=O)N(Cc2c(OC)ccc3c(Br)cccc23)c2ccc(C#N)cc2N(C(=O)CS(C)(=O)=O)[C@H]1C. The second-order valence-electron chi connectivity index (χ2n) is 10.7. The maximum atomic E-state index is 14.5. The van der Waals surface area contributed by atoms with Gasteiger partial charge in [0.15, 0.2) is 9.84 Å². The molecular weight excluding hydrogens is 636 g/mol. The van der Waals surface area contributed by atoms with E-state index in [-0.39, 0.29) is 29.4 Å². The molecule has 0 saturated heterocycles. The number of nitriles is 1. The Labute approximate surface area is 259 Å². The van der Waals surface area contributed by atoms with Gasteiger partial charge in [0.2, 0.25) is 11.8 Å². The van der Waals surface area contributed by atoms with Gasteiger partial charge in [-0.3, -0.25) is 14.4 Å². The third-order valence-electron chi connectivity index (χ3n) is 7.70. The number of hydrogen-bond donors (Lipinski definition) is 1. The van der Waals surface area contributed by atoms with Crippen LogP contribution in [0.5, 0.6) is 5.75 Å². The molecule has 226 valence electrons. The highest BCUT2D eigenvalue weighted by Gasteiger charge is 2.43. The van der Waals surface area contributed by atoms with Gasteiger partial charge >= 0.3 is 0 Å². The first kappa shape index (κ1) is 32.0. The van der Waals surface area contributed by atoms with Gasteiger partial charge in [0.1, 0.15) is 17.5 Å². The van der Waals surface area contributed by atoms with Crippen LogP contribution in [-0.2, 0) is 30.8 Å². The molecule has 1 aliphatic heterocycles. The van der Waals surface area contributed by atoms with Crippen molar-refractivity contribution >= 4 is 65.6 Å². The number of anilines is 2. The zero-order valence-corrected chi connectivity index (χ0v) is 27.0. The Bertz CT molecular complexity index is 1750. The quantitative estimate of drug-likeness (QED) is 0.377. The maximum absolute atomic E-state index is 14.5. The minimum absolute atomic E-state index is 0.00870. The predicted molar refractivity (Wildman–Crippen MR) is 169 cm³/mol. The van der Waals surface area contributed by atoms with Crippen molar-refractivity contribution in [3.63, 3.8) is 0 Å². The molecule has 0 saturated carbocycles. The Morgan fingerprint density at radius 3 is 2.49 bits per heavy atom. The molecule has 43 heavy (non-hydrogen) atoms. The molecular formula is C31H33BrN4O6S. The lowest BCUT2D eigenvalue weighted by atomic mass is 10.0. The zero-order valence-electron chi connectivity index (χ0n) is 24.5. The summed E-state index contributed by atoms with van der Waals surface area (Å²) < 4.78 is 31.0. The lowest BCUT2D eigenvalue weighted by molar-refractivity contribution is -0.130. The molecule has 1 N–H and O–H groups in total. The number of sulfone groups is 1. The summed E-state index contributed by atoms with van der Waals surface area (Å²) in [6, 6.07) is 13.8. The number of ether oxygens (including phenoxy) is 1. The van der Waals surface area contributed by atoms with Crippen LogP contribution in [0.2, 0.25) is 0 Å². The van der Waals surface area contributed by atoms with Crippen molar-refractivity contribution < 1.29 is 27.5 Å². The van der Waals surface area contributed by atoms with Crippen LogP contribution in [0.15, 0.2) is 53.0 Å². The van der Waals surface area contributed by atoms with Crippen LogP contribution >= 0.6 is 15.9 Å². The summed E-state index contributed by atoms with van der Waals surface area (Å²) in [7, 11) is -2.23. The van der Waals surface area contributed by atoms with Crippen molar-refractivity contribution in [3.8, 4) is 11.8 Å². The van der Waals surface area contributed by atoms with E-state index < -0.39 is 45.4 Å². The number of carbonyl (C=O) groups is 3. The van der Waals surface area contributed by atoms with Crippen molar-refractivity contribution in [2.24, 2.45) is 5.92 Å². The van der Waals surface area contributed by atoms with E-state index in [1.54, 1.807) is 26.0 Å². The van der Waals surface area contributed by atoms with Crippen LogP contribution in [0.3, 0.4) is 0 Å². The van der Waals surface area contributed by atoms with Gasteiger partial charge in [0.25, 0.3) is 5.91 Å². The van der Waals surface area contributed by atoms with Gasteiger partial charge in [0, 0.05) is 22.2 Å². The van der Waals surface area contributed by atoms with Crippen LogP contribution in [0, 0.1) is 17.2 Å². The summed E-state index contributed by atoms with van der Waals surface area (Å²) in [5.74, 6) is -2.37. The van der Waals surface area contributed by atoms with Crippen LogP contribution < -0.4 is 19.9 Å². The van der Waals surface area contributed by atoms with Crippen LogP contribution in [0.4, 0.5) is 11.4 Å². The van der Waals surface area contributed by atoms with Crippen molar-refractivity contribution in [1.29, 1.82) is 5.26 Å². The van der Waals surface area contributed by atoms with E-state index >= 15 is 0 Å². The predicted octanol–water partition coefficient (Wildman–Crippen LogP) is 4.33. The molecule has 0 spiro atoms. The molecule has 0 aromatic heterocycles. The maximum Gasteiger partial charge on any atom is 0.252 e. The topological polar surface area (TPSA) is 137 Å². The fraction of sp³-hybridized carbons (Fsp3) is 0.355. The standard InChI is InChI=1S/C31H33BrN4O6S/c1-6-18(2)30(38)34-29-19(3)36(28(37)17-43(5,40)41)26-14-20(15-33)10-12-25(26)35(31(29)39)16-23-21-8-7-9-24(32)22(21)11-13-27(23)42-4/h7-14,18-19,29H,6,16-17H2,1-5H3,(H,34,38)/t18-,19+,29+/m1/s1. The average Bonchev–Trinajstić information content (AvgIpc) is 3.04. The van der Waals surface area contributed by atoms with E-state index in [1.165, 1.54) is 29.0 Å². The highest BCUT2D eigenvalue weighted by molar-refractivity contribution is 9.10. The van der Waals surface area contributed by atoms with Gasteiger partial charge in [-0.15, -0.1) is 0 Å². The van der Waals surface area contributed by atoms with E-state index in [4.69, 9.17) is 4.74 Å². The number of benzene rings is 3. The molecule has 3 amide bonds. The van der Waals surface area contributed by atoms with Gasteiger partial charge in [0.05, 0.1) is 42.7 Å². The molecule has 0 unspecified atom stereocenters. The van der Waals surface area contributed by atoms with Gasteiger partial charge in [-0.05, 0) is 60.5 Å². The average molecular weight is 670 g/mol. The Balaban J connectivity index is 1.98. The summed E-state index contributed by atoms with van der Waals surface area (Å²) in [4.78, 5) is 44.0. The highest BCUT2D eigenvalue weighted by Crippen LogP contribution is 2.40. The number of nitrogens with zero attached hydrogens (tertiary/aromatic N) is 3. The first-order valence-corrected chi connectivity index (χ1v) is 16.6. The fourth-order valence-electron chi connectivity index (χ4n) is 5.23. The van der Waals surface area contributed by atoms with E-state index in [2.05, 4.69) is 27.3 Å². The van der Waals surface area contributed by atoms with Crippen molar-refractivity contribution in [2.75, 3.05) is 28.9 Å². The number of fused-ring (bicyclic) bond motifs is 2. The summed E-state index contributed by atoms with van der Waals surface area (Å²) in [6.45, 7) is 5.16. The normalized spacial score (nSPS) is 17.6. The molecule has 10 nitrogen and oxygen atoms in total. The molecule has 3 aromatic carbocycles.